The molecule has 0 rings (SSSR count). The first-order valence-corrected chi connectivity index (χ1v) is 3.77. The number of hydrogen-bond acceptors (Lipinski definition) is 1. The van der Waals surface area contributed by atoms with Crippen LogP contribution in [0.25, 0.3) is 0 Å². The highest BCUT2D eigenvalue weighted by atomic mass is 16.3. The second-order valence-corrected chi connectivity index (χ2v) is 3.02. The lowest BCUT2D eigenvalue weighted by molar-refractivity contribution is 0.00130. The zero-order chi connectivity index (χ0) is 7.49. The van der Waals surface area contributed by atoms with E-state index in [-0.39, 0.29) is 0 Å². The molecule has 0 aliphatic heterocycles. The van der Waals surface area contributed by atoms with E-state index >= 15 is 0 Å². The minimum absolute atomic E-state index is 0.419. The van der Waals surface area contributed by atoms with E-state index in [2.05, 4.69) is 13.8 Å². The minimum atomic E-state index is -0.450. The predicted molar refractivity (Wildman–Crippen MR) is 40.4 cm³/mol. The van der Waals surface area contributed by atoms with Crippen molar-refractivity contribution in [3.63, 3.8) is 0 Å². The van der Waals surface area contributed by atoms with E-state index in [0.717, 1.165) is 12.8 Å². The molecule has 1 heteroatoms. The van der Waals surface area contributed by atoms with Gasteiger partial charge >= 0.3 is 0 Å². The standard InChI is InChI=1S/C8H18O/c1-5-7(3)8(4,9)6-2/h7,9H,5-6H2,1-4H3/t7-,8-/m0/s1. The minimum Gasteiger partial charge on any atom is -0.390 e. The van der Waals surface area contributed by atoms with E-state index in [9.17, 15) is 5.11 Å². The second kappa shape index (κ2) is 3.21. The summed E-state index contributed by atoms with van der Waals surface area (Å²) in [6, 6.07) is 0. The quantitative estimate of drug-likeness (QED) is 0.621. The summed E-state index contributed by atoms with van der Waals surface area (Å²) >= 11 is 0. The maximum absolute atomic E-state index is 9.59. The van der Waals surface area contributed by atoms with Crippen LogP contribution in [0, 0.1) is 5.92 Å². The van der Waals surface area contributed by atoms with E-state index in [1.807, 2.05) is 13.8 Å². The monoisotopic (exact) mass is 130 g/mol. The zero-order valence-electron chi connectivity index (χ0n) is 6.94. The molecule has 1 nitrogen and oxygen atoms in total. The summed E-state index contributed by atoms with van der Waals surface area (Å²) < 4.78 is 0. The number of rotatable bonds is 3. The Balaban J connectivity index is 3.80. The van der Waals surface area contributed by atoms with Gasteiger partial charge in [-0.2, -0.15) is 0 Å². The van der Waals surface area contributed by atoms with Crippen LogP contribution in [0.2, 0.25) is 0 Å². The maximum Gasteiger partial charge on any atom is 0.0642 e. The Labute approximate surface area is 58.1 Å². The van der Waals surface area contributed by atoms with Gasteiger partial charge in [0.2, 0.25) is 0 Å². The van der Waals surface area contributed by atoms with E-state index in [1.165, 1.54) is 0 Å². The predicted octanol–water partition coefficient (Wildman–Crippen LogP) is 2.19. The van der Waals surface area contributed by atoms with Gasteiger partial charge in [0.1, 0.15) is 0 Å². The summed E-state index contributed by atoms with van der Waals surface area (Å²) in [4.78, 5) is 0. The van der Waals surface area contributed by atoms with Crippen molar-refractivity contribution < 1.29 is 5.11 Å². The molecular weight excluding hydrogens is 112 g/mol. The zero-order valence-corrected chi connectivity index (χ0v) is 6.94. The highest BCUT2D eigenvalue weighted by Crippen LogP contribution is 2.22. The second-order valence-electron chi connectivity index (χ2n) is 3.02. The Morgan fingerprint density at radius 1 is 1.44 bits per heavy atom. The van der Waals surface area contributed by atoms with Crippen molar-refractivity contribution in [1.29, 1.82) is 0 Å². The molecule has 0 aromatic heterocycles. The molecule has 56 valence electrons. The van der Waals surface area contributed by atoms with Gasteiger partial charge in [0.15, 0.2) is 0 Å². The average molecular weight is 130 g/mol. The molecule has 0 aromatic rings. The van der Waals surface area contributed by atoms with Crippen LogP contribution in [-0.4, -0.2) is 10.7 Å². The summed E-state index contributed by atoms with van der Waals surface area (Å²) in [5.74, 6) is 0.419. The van der Waals surface area contributed by atoms with E-state index in [4.69, 9.17) is 0 Å². The van der Waals surface area contributed by atoms with Gasteiger partial charge in [-0.1, -0.05) is 27.2 Å². The Morgan fingerprint density at radius 3 is 2.00 bits per heavy atom. The van der Waals surface area contributed by atoms with E-state index < -0.39 is 5.60 Å². The SMILES string of the molecule is CC[C@H](C)[C@@](C)(O)CC. The molecule has 0 heterocycles. The molecule has 0 spiro atoms. The molecule has 0 saturated heterocycles. The first-order chi connectivity index (χ1) is 4.04. The summed E-state index contributed by atoms with van der Waals surface area (Å²) in [6.07, 6.45) is 1.91. The highest BCUT2D eigenvalue weighted by molar-refractivity contribution is 4.75. The highest BCUT2D eigenvalue weighted by Gasteiger charge is 2.23. The molecule has 0 saturated carbocycles. The first-order valence-electron chi connectivity index (χ1n) is 3.77. The third kappa shape index (κ3) is 2.35. The van der Waals surface area contributed by atoms with Crippen molar-refractivity contribution in [1.82, 2.24) is 0 Å². The van der Waals surface area contributed by atoms with Gasteiger partial charge in [-0.25, -0.2) is 0 Å². The fraction of sp³-hybridized carbons (Fsp3) is 1.00. The number of hydrogen-bond donors (Lipinski definition) is 1. The van der Waals surface area contributed by atoms with Crippen LogP contribution >= 0.6 is 0 Å². The van der Waals surface area contributed by atoms with Crippen molar-refractivity contribution in [3.8, 4) is 0 Å². The van der Waals surface area contributed by atoms with Crippen molar-refractivity contribution in [2.24, 2.45) is 5.92 Å². The number of aliphatic hydroxyl groups is 1. The van der Waals surface area contributed by atoms with Gasteiger partial charge in [0, 0.05) is 0 Å². The Morgan fingerprint density at radius 2 is 1.89 bits per heavy atom. The fourth-order valence-electron chi connectivity index (χ4n) is 0.788. The largest absolute Gasteiger partial charge is 0.390 e. The van der Waals surface area contributed by atoms with E-state index in [1.54, 1.807) is 0 Å². The van der Waals surface area contributed by atoms with E-state index in [0.29, 0.717) is 5.92 Å². The van der Waals surface area contributed by atoms with Gasteiger partial charge in [-0.15, -0.1) is 0 Å². The van der Waals surface area contributed by atoms with Crippen LogP contribution in [0.1, 0.15) is 40.5 Å². The molecule has 9 heavy (non-hydrogen) atoms. The van der Waals surface area contributed by atoms with Crippen LogP contribution in [0.4, 0.5) is 0 Å². The molecule has 0 radical (unpaired) electrons. The lowest BCUT2D eigenvalue weighted by atomic mass is 9.87. The molecule has 0 aliphatic rings. The normalized spacial score (nSPS) is 21.0. The van der Waals surface area contributed by atoms with Gasteiger partial charge in [0.05, 0.1) is 5.60 Å². The van der Waals surface area contributed by atoms with Crippen LogP contribution in [0.15, 0.2) is 0 Å². The molecule has 2 atom stereocenters. The molecule has 0 amide bonds. The van der Waals surface area contributed by atoms with Crippen molar-refractivity contribution >= 4 is 0 Å². The van der Waals surface area contributed by atoms with Crippen LogP contribution in [0.3, 0.4) is 0 Å². The van der Waals surface area contributed by atoms with Crippen molar-refractivity contribution in [2.75, 3.05) is 0 Å². The molecule has 0 aromatic carbocycles. The van der Waals surface area contributed by atoms with Gasteiger partial charge in [-0.05, 0) is 19.3 Å². The van der Waals surface area contributed by atoms with Crippen molar-refractivity contribution in [2.45, 2.75) is 46.1 Å². The van der Waals surface area contributed by atoms with Gasteiger partial charge in [0.25, 0.3) is 0 Å². The topological polar surface area (TPSA) is 20.2 Å². The Kier molecular flexibility index (Phi) is 3.20. The van der Waals surface area contributed by atoms with Gasteiger partial charge < -0.3 is 5.11 Å². The van der Waals surface area contributed by atoms with Crippen LogP contribution in [-0.2, 0) is 0 Å². The summed E-state index contributed by atoms with van der Waals surface area (Å²) in [5, 5.41) is 9.59. The molecule has 0 bridgehead atoms. The van der Waals surface area contributed by atoms with Crippen LogP contribution < -0.4 is 0 Å². The summed E-state index contributed by atoms with van der Waals surface area (Å²) in [6.45, 7) is 8.12. The van der Waals surface area contributed by atoms with Crippen LogP contribution in [0.5, 0.6) is 0 Å². The Bertz CT molecular complexity index is 76.6. The lowest BCUT2D eigenvalue weighted by Gasteiger charge is -2.27. The lowest BCUT2D eigenvalue weighted by Crippen LogP contribution is -2.31. The van der Waals surface area contributed by atoms with Gasteiger partial charge in [-0.3, -0.25) is 0 Å². The molecule has 0 aliphatic carbocycles. The molecule has 0 unspecified atom stereocenters. The molecular formula is C8H18O. The van der Waals surface area contributed by atoms with Crippen molar-refractivity contribution in [3.05, 3.63) is 0 Å². The first kappa shape index (κ1) is 8.96. The molecule has 1 N–H and O–H groups in total. The third-order valence-corrected chi connectivity index (χ3v) is 2.39. The Hall–Kier alpha value is -0.0400. The summed E-state index contributed by atoms with van der Waals surface area (Å²) in [5.41, 5.74) is -0.450. The third-order valence-electron chi connectivity index (χ3n) is 2.39. The summed E-state index contributed by atoms with van der Waals surface area (Å²) in [7, 11) is 0. The maximum atomic E-state index is 9.59. The molecule has 0 fully saturated rings. The average Bonchev–Trinajstić information content (AvgIpc) is 1.86. The smallest absolute Gasteiger partial charge is 0.0642 e. The fourth-order valence-corrected chi connectivity index (χ4v) is 0.788.